The second-order valence-electron chi connectivity index (χ2n) is 5.14. The van der Waals surface area contributed by atoms with Crippen molar-refractivity contribution in [3.63, 3.8) is 0 Å². The Balaban J connectivity index is 2.37. The summed E-state index contributed by atoms with van der Waals surface area (Å²) >= 11 is 3.50. The molecule has 19 heavy (non-hydrogen) atoms. The summed E-state index contributed by atoms with van der Waals surface area (Å²) < 4.78 is 33.8. The van der Waals surface area contributed by atoms with Crippen molar-refractivity contribution in [1.82, 2.24) is 0 Å². The summed E-state index contributed by atoms with van der Waals surface area (Å²) in [4.78, 5) is -0.314. The lowest BCUT2D eigenvalue weighted by atomic mass is 10.0. The van der Waals surface area contributed by atoms with Gasteiger partial charge in [-0.15, -0.1) is 0 Å². The van der Waals surface area contributed by atoms with Crippen molar-refractivity contribution in [3.05, 3.63) is 23.8 Å². The van der Waals surface area contributed by atoms with Gasteiger partial charge in [0.2, 0.25) is 0 Å². The number of hydrogen-bond acceptors (Lipinski definition) is 4. The molecule has 1 aromatic carbocycles. The molecule has 6 heteroatoms. The van der Waals surface area contributed by atoms with Crippen LogP contribution in [0.5, 0.6) is 11.5 Å². The summed E-state index contributed by atoms with van der Waals surface area (Å²) in [5, 5.41) is 0. The van der Waals surface area contributed by atoms with Crippen LogP contribution in [-0.4, -0.2) is 32.6 Å². The van der Waals surface area contributed by atoms with Crippen LogP contribution in [0.15, 0.2) is 18.2 Å². The lowest BCUT2D eigenvalue weighted by Crippen LogP contribution is -2.35. The minimum atomic E-state index is -3.19. The summed E-state index contributed by atoms with van der Waals surface area (Å²) in [7, 11) is -3.19. The van der Waals surface area contributed by atoms with Crippen LogP contribution in [0.25, 0.3) is 0 Å². The van der Waals surface area contributed by atoms with Crippen LogP contribution in [0.3, 0.4) is 0 Å². The molecule has 1 aliphatic heterocycles. The largest absolute Gasteiger partial charge is 0.486 e. The molecule has 0 fully saturated rings. The Kier molecular flexibility index (Phi) is 3.84. The maximum absolute atomic E-state index is 11.9. The first-order valence-electron chi connectivity index (χ1n) is 5.96. The maximum atomic E-state index is 11.9. The molecule has 1 aliphatic rings. The molecule has 1 aromatic rings. The van der Waals surface area contributed by atoms with E-state index in [1.165, 1.54) is 6.26 Å². The molecule has 0 radical (unpaired) electrons. The average Bonchev–Trinajstić information content (AvgIpc) is 2.36. The van der Waals surface area contributed by atoms with E-state index < -0.39 is 14.6 Å². The predicted octanol–water partition coefficient (Wildman–Crippen LogP) is 2.72. The van der Waals surface area contributed by atoms with Gasteiger partial charge < -0.3 is 9.47 Å². The molecule has 0 saturated carbocycles. The highest BCUT2D eigenvalue weighted by Crippen LogP contribution is 2.42. The Morgan fingerprint density at radius 1 is 1.21 bits per heavy atom. The number of halogens is 1. The fourth-order valence-corrected chi connectivity index (χ4v) is 3.62. The third-order valence-corrected chi connectivity index (χ3v) is 7.55. The second-order valence-corrected chi connectivity index (χ2v) is 8.65. The minimum absolute atomic E-state index is 0.314. The van der Waals surface area contributed by atoms with Gasteiger partial charge in [-0.05, 0) is 31.5 Å². The number of alkyl halides is 1. The third kappa shape index (κ3) is 2.74. The van der Waals surface area contributed by atoms with Gasteiger partial charge in [-0.3, -0.25) is 0 Å². The zero-order valence-corrected chi connectivity index (χ0v) is 13.5. The normalized spacial score (nSPS) is 17.1. The minimum Gasteiger partial charge on any atom is -0.486 e. The van der Waals surface area contributed by atoms with Crippen molar-refractivity contribution in [1.29, 1.82) is 0 Å². The summed E-state index contributed by atoms with van der Waals surface area (Å²) in [6, 6.07) is 5.51. The van der Waals surface area contributed by atoms with Crippen molar-refractivity contribution in [2.45, 2.75) is 23.4 Å². The number of benzene rings is 1. The van der Waals surface area contributed by atoms with Gasteiger partial charge in [0, 0.05) is 6.26 Å². The highest BCUT2D eigenvalue weighted by Gasteiger charge is 2.38. The van der Waals surface area contributed by atoms with E-state index in [0.29, 0.717) is 24.7 Å². The Bertz CT molecular complexity index is 580. The van der Waals surface area contributed by atoms with Crippen LogP contribution in [0.2, 0.25) is 0 Å². The van der Waals surface area contributed by atoms with Gasteiger partial charge in [0.05, 0.1) is 9.57 Å². The fraction of sp³-hybridized carbons (Fsp3) is 0.538. The van der Waals surface area contributed by atoms with Gasteiger partial charge in [0.25, 0.3) is 0 Å². The highest BCUT2D eigenvalue weighted by atomic mass is 79.9. The molecule has 106 valence electrons. The summed E-state index contributed by atoms with van der Waals surface area (Å²) in [6.45, 7) is 4.47. The van der Waals surface area contributed by atoms with Gasteiger partial charge in [0.15, 0.2) is 21.3 Å². The quantitative estimate of drug-likeness (QED) is 0.788. The number of fused-ring (bicyclic) bond motifs is 1. The smallest absolute Gasteiger partial charge is 0.161 e. The summed E-state index contributed by atoms with van der Waals surface area (Å²) in [5.74, 6) is 1.37. The second kappa shape index (κ2) is 4.98. The molecule has 1 atom stereocenters. The van der Waals surface area contributed by atoms with E-state index in [1.54, 1.807) is 13.8 Å². The summed E-state index contributed by atoms with van der Waals surface area (Å²) in [6.07, 6.45) is 1.25. The average molecular weight is 349 g/mol. The molecule has 2 rings (SSSR count). The lowest BCUT2D eigenvalue weighted by molar-refractivity contribution is 0.171. The molecule has 0 aliphatic carbocycles. The molecule has 1 unspecified atom stereocenters. The number of sulfone groups is 1. The van der Waals surface area contributed by atoms with E-state index in [2.05, 4.69) is 15.9 Å². The zero-order chi connectivity index (χ0) is 14.3. The van der Waals surface area contributed by atoms with E-state index >= 15 is 0 Å². The van der Waals surface area contributed by atoms with Crippen LogP contribution >= 0.6 is 15.9 Å². The van der Waals surface area contributed by atoms with E-state index in [9.17, 15) is 8.42 Å². The SMILES string of the molecule is CC(C)(C(Br)c1ccc2c(c1)OCCO2)S(C)(=O)=O. The molecular formula is C13H17BrO4S. The van der Waals surface area contributed by atoms with Gasteiger partial charge in [-0.1, -0.05) is 22.0 Å². The first kappa shape index (κ1) is 14.7. The highest BCUT2D eigenvalue weighted by molar-refractivity contribution is 9.09. The van der Waals surface area contributed by atoms with E-state index in [4.69, 9.17) is 9.47 Å². The van der Waals surface area contributed by atoms with Crippen LogP contribution < -0.4 is 9.47 Å². The molecule has 0 N–H and O–H groups in total. The Morgan fingerprint density at radius 3 is 2.37 bits per heavy atom. The van der Waals surface area contributed by atoms with Crippen molar-refractivity contribution < 1.29 is 17.9 Å². The van der Waals surface area contributed by atoms with Crippen LogP contribution in [0.1, 0.15) is 24.2 Å². The number of hydrogen-bond donors (Lipinski definition) is 0. The van der Waals surface area contributed by atoms with Crippen LogP contribution in [0.4, 0.5) is 0 Å². The van der Waals surface area contributed by atoms with Gasteiger partial charge in [0.1, 0.15) is 13.2 Å². The van der Waals surface area contributed by atoms with E-state index in [1.807, 2.05) is 18.2 Å². The molecule has 0 aromatic heterocycles. The number of rotatable bonds is 3. The summed E-state index contributed by atoms with van der Waals surface area (Å²) in [5.41, 5.74) is 0.861. The number of ether oxygens (including phenoxy) is 2. The zero-order valence-electron chi connectivity index (χ0n) is 11.1. The fourth-order valence-electron chi connectivity index (χ4n) is 1.81. The topological polar surface area (TPSA) is 52.6 Å². The maximum Gasteiger partial charge on any atom is 0.161 e. The van der Waals surface area contributed by atoms with Gasteiger partial charge in [-0.2, -0.15) is 0 Å². The molecular weight excluding hydrogens is 332 g/mol. The first-order chi connectivity index (χ1) is 8.73. The van der Waals surface area contributed by atoms with Crippen molar-refractivity contribution >= 4 is 25.8 Å². The predicted molar refractivity (Wildman–Crippen MR) is 78.0 cm³/mol. The standard InChI is InChI=1S/C13H17BrO4S/c1-13(2,19(3,15)16)12(14)9-4-5-10-11(8-9)18-7-6-17-10/h4-5,8,12H,6-7H2,1-3H3. The Morgan fingerprint density at radius 2 is 1.79 bits per heavy atom. The molecule has 0 bridgehead atoms. The van der Waals surface area contributed by atoms with E-state index in [0.717, 1.165) is 5.56 Å². The molecule has 0 spiro atoms. The van der Waals surface area contributed by atoms with Crippen LogP contribution in [0, 0.1) is 0 Å². The van der Waals surface area contributed by atoms with Crippen molar-refractivity contribution in [3.8, 4) is 11.5 Å². The molecule has 4 nitrogen and oxygen atoms in total. The lowest BCUT2D eigenvalue weighted by Gasteiger charge is -2.29. The van der Waals surface area contributed by atoms with Gasteiger partial charge >= 0.3 is 0 Å². The first-order valence-corrected chi connectivity index (χ1v) is 8.77. The van der Waals surface area contributed by atoms with Crippen molar-refractivity contribution in [2.24, 2.45) is 0 Å². The Labute approximate surface area is 122 Å². The van der Waals surface area contributed by atoms with Crippen LogP contribution in [-0.2, 0) is 9.84 Å². The van der Waals surface area contributed by atoms with E-state index in [-0.39, 0.29) is 4.83 Å². The van der Waals surface area contributed by atoms with Gasteiger partial charge in [-0.25, -0.2) is 8.42 Å². The third-order valence-electron chi connectivity index (χ3n) is 3.42. The molecule has 1 heterocycles. The molecule has 0 saturated heterocycles. The monoisotopic (exact) mass is 348 g/mol. The van der Waals surface area contributed by atoms with Crippen molar-refractivity contribution in [2.75, 3.05) is 19.5 Å². The molecule has 0 amide bonds. The Hall–Kier alpha value is -0.750.